The van der Waals surface area contributed by atoms with Gasteiger partial charge in [-0.2, -0.15) is 0 Å². The van der Waals surface area contributed by atoms with Crippen molar-refractivity contribution in [2.45, 2.75) is 0 Å². The van der Waals surface area contributed by atoms with Crippen LogP contribution in [0.2, 0.25) is 10.0 Å². The Morgan fingerprint density at radius 1 is 1.05 bits per heavy atom. The zero-order valence-corrected chi connectivity index (χ0v) is 12.9. The van der Waals surface area contributed by atoms with Crippen LogP contribution in [0.4, 0.5) is 11.4 Å². The smallest absolute Gasteiger partial charge is 0.308 e. The second kappa shape index (κ2) is 6.17. The summed E-state index contributed by atoms with van der Waals surface area (Å²) in [6, 6.07) is 13.5. The third-order valence-electron chi connectivity index (χ3n) is 2.64. The quantitative estimate of drug-likeness (QED) is 0.811. The van der Waals surface area contributed by atoms with Gasteiger partial charge in [0.05, 0.1) is 21.4 Å². The molecule has 2 rings (SSSR count). The topological polar surface area (TPSA) is 49.8 Å². The fourth-order valence-corrected chi connectivity index (χ4v) is 3.48. The van der Waals surface area contributed by atoms with Crippen molar-refractivity contribution in [3.8, 4) is 0 Å². The molecule has 0 aromatic heterocycles. The maximum absolute atomic E-state index is 12.3. The highest BCUT2D eigenvalue weighted by atomic mass is 35.5. The molecule has 0 amide bonds. The van der Waals surface area contributed by atoms with Crippen LogP contribution in [0.3, 0.4) is 0 Å². The second-order valence-electron chi connectivity index (χ2n) is 3.89. The Morgan fingerprint density at radius 3 is 2.10 bits per heavy atom. The fourth-order valence-electron chi connectivity index (χ4n) is 1.74. The molecule has 0 radical (unpaired) electrons. The summed E-state index contributed by atoms with van der Waals surface area (Å²) in [4.78, 5) is 10.1. The molecule has 0 bridgehead atoms. The molecule has 1 N–H and O–H groups in total. The van der Waals surface area contributed by atoms with Crippen molar-refractivity contribution in [1.29, 1.82) is 0 Å². The first-order valence-electron chi connectivity index (χ1n) is 5.65. The lowest BCUT2D eigenvalue weighted by Gasteiger charge is -2.29. The summed E-state index contributed by atoms with van der Waals surface area (Å²) < 4.78 is 18.2. The number of hydrogen-bond acceptors (Lipinski definition) is 2. The average molecular weight is 332 g/mol. The average Bonchev–Trinajstić information content (AvgIpc) is 2.43. The standard InChI is InChI=1S/C13H12Cl2NO3P/c1-19-20(17,18)16(10-6-3-2-4-7-10)13-11(14)8-5-9-12(13)15/h2-9H,1H3,(H,17,18). The van der Waals surface area contributed by atoms with E-state index in [2.05, 4.69) is 0 Å². The van der Waals surface area contributed by atoms with Crippen molar-refractivity contribution in [2.24, 2.45) is 0 Å². The highest BCUT2D eigenvalue weighted by Crippen LogP contribution is 2.56. The van der Waals surface area contributed by atoms with Crippen LogP contribution >= 0.6 is 30.9 Å². The first-order chi connectivity index (χ1) is 9.47. The van der Waals surface area contributed by atoms with Gasteiger partial charge in [0.2, 0.25) is 0 Å². The van der Waals surface area contributed by atoms with Crippen LogP contribution in [0.15, 0.2) is 48.5 Å². The SMILES string of the molecule is COP(=O)(O)N(c1ccccc1)c1c(Cl)cccc1Cl. The van der Waals surface area contributed by atoms with E-state index in [1.54, 1.807) is 48.5 Å². The van der Waals surface area contributed by atoms with Gasteiger partial charge in [-0.1, -0.05) is 47.5 Å². The molecule has 4 nitrogen and oxygen atoms in total. The molecule has 7 heteroatoms. The summed E-state index contributed by atoms with van der Waals surface area (Å²) in [7, 11) is -2.96. The molecule has 0 saturated heterocycles. The maximum atomic E-state index is 12.3. The van der Waals surface area contributed by atoms with Crippen molar-refractivity contribution in [3.05, 3.63) is 58.6 Å². The van der Waals surface area contributed by atoms with Gasteiger partial charge in [-0.05, 0) is 24.3 Å². The van der Waals surface area contributed by atoms with Gasteiger partial charge in [0, 0.05) is 7.11 Å². The minimum Gasteiger partial charge on any atom is -0.308 e. The van der Waals surface area contributed by atoms with Gasteiger partial charge in [-0.15, -0.1) is 0 Å². The van der Waals surface area contributed by atoms with E-state index in [4.69, 9.17) is 27.7 Å². The molecule has 0 saturated carbocycles. The zero-order chi connectivity index (χ0) is 14.8. The summed E-state index contributed by atoms with van der Waals surface area (Å²) in [5.41, 5.74) is 0.685. The molecule has 1 unspecified atom stereocenters. The number of hydrogen-bond donors (Lipinski definition) is 1. The monoisotopic (exact) mass is 331 g/mol. The highest BCUT2D eigenvalue weighted by Gasteiger charge is 2.33. The number of para-hydroxylation sites is 2. The van der Waals surface area contributed by atoms with Crippen LogP contribution in [0.1, 0.15) is 0 Å². The highest BCUT2D eigenvalue weighted by molar-refractivity contribution is 7.55. The van der Waals surface area contributed by atoms with Gasteiger partial charge in [-0.3, -0.25) is 4.52 Å². The van der Waals surface area contributed by atoms with E-state index >= 15 is 0 Å². The minimum absolute atomic E-state index is 0.231. The third-order valence-corrected chi connectivity index (χ3v) is 4.66. The summed E-state index contributed by atoms with van der Waals surface area (Å²) >= 11 is 12.2. The van der Waals surface area contributed by atoms with Gasteiger partial charge in [0.15, 0.2) is 0 Å². The molecule has 106 valence electrons. The molecule has 20 heavy (non-hydrogen) atoms. The lowest BCUT2D eigenvalue weighted by molar-refractivity contribution is 0.316. The van der Waals surface area contributed by atoms with E-state index in [1.807, 2.05) is 0 Å². The minimum atomic E-state index is -4.12. The van der Waals surface area contributed by atoms with Crippen molar-refractivity contribution in [1.82, 2.24) is 0 Å². The largest absolute Gasteiger partial charge is 0.437 e. The fraction of sp³-hybridized carbons (Fsp3) is 0.0769. The Bertz CT molecular complexity index is 631. The van der Waals surface area contributed by atoms with Gasteiger partial charge in [0.25, 0.3) is 0 Å². The molecule has 0 aliphatic heterocycles. The predicted octanol–water partition coefficient (Wildman–Crippen LogP) is 4.88. The molecule has 1 atom stereocenters. The molecule has 0 aliphatic rings. The molecule has 0 heterocycles. The Kier molecular flexibility index (Phi) is 4.74. The first-order valence-corrected chi connectivity index (χ1v) is 7.94. The predicted molar refractivity (Wildman–Crippen MR) is 81.9 cm³/mol. The van der Waals surface area contributed by atoms with E-state index in [0.717, 1.165) is 11.8 Å². The number of halogens is 2. The van der Waals surface area contributed by atoms with Crippen LogP contribution in [0.5, 0.6) is 0 Å². The van der Waals surface area contributed by atoms with E-state index in [1.165, 1.54) is 0 Å². The van der Waals surface area contributed by atoms with Gasteiger partial charge in [-0.25, -0.2) is 9.24 Å². The molecule has 0 spiro atoms. The van der Waals surface area contributed by atoms with Gasteiger partial charge >= 0.3 is 7.75 Å². The number of benzene rings is 2. The van der Waals surface area contributed by atoms with Crippen LogP contribution in [0, 0.1) is 0 Å². The zero-order valence-electron chi connectivity index (χ0n) is 10.5. The maximum Gasteiger partial charge on any atom is 0.437 e. The van der Waals surface area contributed by atoms with Crippen molar-refractivity contribution in [3.63, 3.8) is 0 Å². The van der Waals surface area contributed by atoms with Crippen LogP contribution in [-0.4, -0.2) is 12.0 Å². The van der Waals surface area contributed by atoms with Gasteiger partial charge < -0.3 is 4.89 Å². The van der Waals surface area contributed by atoms with Crippen LogP contribution in [0.25, 0.3) is 0 Å². The third kappa shape index (κ3) is 3.00. The summed E-state index contributed by atoms with van der Waals surface area (Å²) in [6.45, 7) is 0. The number of nitrogens with zero attached hydrogens (tertiary/aromatic N) is 1. The molecule has 0 aliphatic carbocycles. The summed E-state index contributed by atoms with van der Waals surface area (Å²) in [5.74, 6) is 0. The lowest BCUT2D eigenvalue weighted by Crippen LogP contribution is -2.15. The number of anilines is 2. The molecular formula is C13H12Cl2NO3P. The first kappa shape index (κ1) is 15.4. The Labute approximate surface area is 127 Å². The van der Waals surface area contributed by atoms with Crippen molar-refractivity contribution in [2.75, 3.05) is 11.8 Å². The number of rotatable bonds is 4. The van der Waals surface area contributed by atoms with Crippen LogP contribution < -0.4 is 4.67 Å². The van der Waals surface area contributed by atoms with Crippen molar-refractivity contribution >= 4 is 42.3 Å². The van der Waals surface area contributed by atoms with Crippen molar-refractivity contribution < 1.29 is 14.0 Å². The Balaban J connectivity index is 2.68. The van der Waals surface area contributed by atoms with E-state index in [-0.39, 0.29) is 15.7 Å². The Hall–Kier alpha value is -1.03. The summed E-state index contributed by atoms with van der Waals surface area (Å²) in [6.07, 6.45) is 0. The lowest BCUT2D eigenvalue weighted by atomic mass is 10.2. The Morgan fingerprint density at radius 2 is 1.60 bits per heavy atom. The molecule has 2 aromatic carbocycles. The molecule has 2 aromatic rings. The van der Waals surface area contributed by atoms with Crippen LogP contribution in [-0.2, 0) is 9.09 Å². The molecular weight excluding hydrogens is 320 g/mol. The molecule has 0 fully saturated rings. The van der Waals surface area contributed by atoms with E-state index < -0.39 is 7.75 Å². The van der Waals surface area contributed by atoms with Gasteiger partial charge in [0.1, 0.15) is 0 Å². The normalized spacial score (nSPS) is 13.8. The van der Waals surface area contributed by atoms with E-state index in [9.17, 15) is 9.46 Å². The second-order valence-corrected chi connectivity index (χ2v) is 6.45. The van der Waals surface area contributed by atoms with E-state index in [0.29, 0.717) is 5.69 Å². The summed E-state index contributed by atoms with van der Waals surface area (Å²) in [5, 5.41) is 0.514.